The highest BCUT2D eigenvalue weighted by atomic mass is 19.1. The van der Waals surface area contributed by atoms with Crippen LogP contribution >= 0.6 is 0 Å². The fraction of sp³-hybridized carbons (Fsp3) is 0.389. The van der Waals surface area contributed by atoms with E-state index in [1.54, 1.807) is 35.2 Å². The van der Waals surface area contributed by atoms with Crippen molar-refractivity contribution >= 4 is 11.8 Å². The Kier molecular flexibility index (Phi) is 4.67. The zero-order chi connectivity index (χ0) is 18.0. The number of rotatable bonds is 2. The number of carbonyl (C=O) groups is 1. The van der Waals surface area contributed by atoms with Crippen molar-refractivity contribution in [1.82, 2.24) is 15.1 Å². The quantitative estimate of drug-likeness (QED) is 0.907. The first-order chi connectivity index (χ1) is 11.9. The third-order valence-corrected chi connectivity index (χ3v) is 4.59. The van der Waals surface area contributed by atoms with Crippen LogP contribution in [0.5, 0.6) is 0 Å². The van der Waals surface area contributed by atoms with Gasteiger partial charge in [-0.15, -0.1) is 10.2 Å². The number of nitrogens with one attached hydrogen (secondary N) is 1. The zero-order valence-electron chi connectivity index (χ0n) is 14.5. The topological polar surface area (TPSA) is 67.4 Å². The smallest absolute Gasteiger partial charge is 0.323 e. The summed E-state index contributed by atoms with van der Waals surface area (Å²) in [4.78, 5) is 14.2. The lowest BCUT2D eigenvalue weighted by Gasteiger charge is -2.44. The molecule has 1 atom stereocenters. The van der Waals surface area contributed by atoms with Crippen LogP contribution in [0.3, 0.4) is 0 Å². The summed E-state index contributed by atoms with van der Waals surface area (Å²) in [7, 11) is 0. The van der Waals surface area contributed by atoms with Crippen molar-refractivity contribution in [2.75, 3.05) is 18.5 Å². The molecule has 2 aromatic rings. The number of benzene rings is 1. The Balaban J connectivity index is 1.71. The minimum Gasteiger partial charge on any atom is -0.372 e. The molecular formula is C18H21FN4O2. The van der Waals surface area contributed by atoms with E-state index in [0.29, 0.717) is 30.2 Å². The number of ether oxygens (including phenoxy) is 1. The molecule has 25 heavy (non-hydrogen) atoms. The maximum Gasteiger partial charge on any atom is 0.323 e. The standard InChI is InChI=1S/C18H21FN4O2/c1-12-18(2,3)25-11-10-23(12)17(24)20-16-9-8-15(21-22-16)13-6-4-5-7-14(13)19/h4-9,12H,10-11H2,1-3H3,(H,20,22,24). The number of anilines is 1. The van der Waals surface area contributed by atoms with Crippen LogP contribution in [0, 0.1) is 5.82 Å². The number of halogens is 1. The molecule has 1 aliphatic rings. The van der Waals surface area contributed by atoms with Gasteiger partial charge in [-0.1, -0.05) is 12.1 Å². The minimum atomic E-state index is -0.407. The molecule has 1 unspecified atom stereocenters. The van der Waals surface area contributed by atoms with E-state index >= 15 is 0 Å². The second-order valence-corrected chi connectivity index (χ2v) is 6.54. The monoisotopic (exact) mass is 344 g/mol. The van der Waals surface area contributed by atoms with Gasteiger partial charge in [-0.3, -0.25) is 5.32 Å². The maximum atomic E-state index is 13.8. The number of amides is 2. The number of hydrogen-bond donors (Lipinski definition) is 1. The summed E-state index contributed by atoms with van der Waals surface area (Å²) >= 11 is 0. The van der Waals surface area contributed by atoms with Gasteiger partial charge in [-0.05, 0) is 45.0 Å². The second-order valence-electron chi connectivity index (χ2n) is 6.54. The summed E-state index contributed by atoms with van der Waals surface area (Å²) in [5.74, 6) is -0.0421. The lowest BCUT2D eigenvalue weighted by atomic mass is 9.97. The Bertz CT molecular complexity index is 764. The molecule has 2 amide bonds. The summed E-state index contributed by atoms with van der Waals surface area (Å²) in [5, 5.41) is 10.7. The number of morpholine rings is 1. The Morgan fingerprint density at radius 1 is 1.28 bits per heavy atom. The number of carbonyl (C=O) groups excluding carboxylic acids is 1. The van der Waals surface area contributed by atoms with Crippen LogP contribution < -0.4 is 5.32 Å². The molecule has 1 fully saturated rings. The average Bonchev–Trinajstić information content (AvgIpc) is 2.58. The van der Waals surface area contributed by atoms with E-state index in [-0.39, 0.29) is 17.9 Å². The predicted molar refractivity (Wildman–Crippen MR) is 92.6 cm³/mol. The van der Waals surface area contributed by atoms with Gasteiger partial charge in [0.15, 0.2) is 5.82 Å². The van der Waals surface area contributed by atoms with Crippen molar-refractivity contribution < 1.29 is 13.9 Å². The van der Waals surface area contributed by atoms with E-state index in [1.807, 2.05) is 20.8 Å². The largest absolute Gasteiger partial charge is 0.372 e. The molecular weight excluding hydrogens is 323 g/mol. The SMILES string of the molecule is CC1N(C(=O)Nc2ccc(-c3ccccc3F)nn2)CCOC1(C)C. The first-order valence-electron chi connectivity index (χ1n) is 8.19. The van der Waals surface area contributed by atoms with Crippen LogP contribution in [0.25, 0.3) is 11.3 Å². The van der Waals surface area contributed by atoms with Gasteiger partial charge in [0.1, 0.15) is 5.82 Å². The van der Waals surface area contributed by atoms with E-state index in [2.05, 4.69) is 15.5 Å². The normalized spacial score (nSPS) is 19.5. The van der Waals surface area contributed by atoms with E-state index in [0.717, 1.165) is 0 Å². The molecule has 0 bridgehead atoms. The van der Waals surface area contributed by atoms with Crippen LogP contribution in [0.4, 0.5) is 15.0 Å². The molecule has 1 aliphatic heterocycles. The maximum absolute atomic E-state index is 13.8. The van der Waals surface area contributed by atoms with Crippen molar-refractivity contribution in [2.24, 2.45) is 0 Å². The lowest BCUT2D eigenvalue weighted by molar-refractivity contribution is -0.105. The van der Waals surface area contributed by atoms with Crippen LogP contribution in [0.2, 0.25) is 0 Å². The summed E-state index contributed by atoms with van der Waals surface area (Å²) in [6, 6.07) is 9.27. The molecule has 3 rings (SSSR count). The van der Waals surface area contributed by atoms with Gasteiger partial charge in [0.05, 0.1) is 23.9 Å². The van der Waals surface area contributed by atoms with Gasteiger partial charge >= 0.3 is 6.03 Å². The van der Waals surface area contributed by atoms with Crippen LogP contribution in [-0.4, -0.2) is 45.9 Å². The zero-order valence-corrected chi connectivity index (χ0v) is 14.5. The summed E-state index contributed by atoms with van der Waals surface area (Å²) in [6.45, 7) is 6.87. The van der Waals surface area contributed by atoms with E-state index < -0.39 is 5.60 Å². The fourth-order valence-electron chi connectivity index (χ4n) is 2.77. The van der Waals surface area contributed by atoms with Gasteiger partial charge in [0.2, 0.25) is 0 Å². The number of aromatic nitrogens is 2. The third-order valence-electron chi connectivity index (χ3n) is 4.59. The van der Waals surface area contributed by atoms with E-state index in [9.17, 15) is 9.18 Å². The molecule has 0 spiro atoms. The molecule has 1 aromatic heterocycles. The molecule has 7 heteroatoms. The molecule has 132 valence electrons. The Labute approximate surface area is 146 Å². The highest BCUT2D eigenvalue weighted by Crippen LogP contribution is 2.25. The third kappa shape index (κ3) is 3.61. The van der Waals surface area contributed by atoms with Gasteiger partial charge in [-0.25, -0.2) is 9.18 Å². The Hall–Kier alpha value is -2.54. The predicted octanol–water partition coefficient (Wildman–Crippen LogP) is 3.31. The lowest BCUT2D eigenvalue weighted by Crippen LogP contribution is -2.58. The van der Waals surface area contributed by atoms with E-state index in [4.69, 9.17) is 4.74 Å². The van der Waals surface area contributed by atoms with Crippen molar-refractivity contribution in [3.63, 3.8) is 0 Å². The molecule has 1 aromatic carbocycles. The molecule has 1 N–H and O–H groups in total. The molecule has 0 radical (unpaired) electrons. The highest BCUT2D eigenvalue weighted by molar-refractivity contribution is 5.88. The van der Waals surface area contributed by atoms with Crippen molar-refractivity contribution in [3.8, 4) is 11.3 Å². The van der Waals surface area contributed by atoms with Crippen molar-refractivity contribution in [1.29, 1.82) is 0 Å². The van der Waals surface area contributed by atoms with E-state index in [1.165, 1.54) is 6.07 Å². The summed E-state index contributed by atoms with van der Waals surface area (Å²) < 4.78 is 19.5. The molecule has 2 heterocycles. The minimum absolute atomic E-state index is 0.0769. The van der Waals surface area contributed by atoms with Gasteiger partial charge in [0, 0.05) is 12.1 Å². The van der Waals surface area contributed by atoms with Crippen LogP contribution in [0.15, 0.2) is 36.4 Å². The Morgan fingerprint density at radius 2 is 2.04 bits per heavy atom. The highest BCUT2D eigenvalue weighted by Gasteiger charge is 2.37. The van der Waals surface area contributed by atoms with Gasteiger partial charge < -0.3 is 9.64 Å². The number of urea groups is 1. The molecule has 0 saturated carbocycles. The molecule has 0 aliphatic carbocycles. The second kappa shape index (κ2) is 6.76. The number of hydrogen-bond acceptors (Lipinski definition) is 4. The van der Waals surface area contributed by atoms with Crippen molar-refractivity contribution in [2.45, 2.75) is 32.4 Å². The summed E-state index contributed by atoms with van der Waals surface area (Å²) in [6.07, 6.45) is 0. The molecule has 1 saturated heterocycles. The number of nitrogens with zero attached hydrogens (tertiary/aromatic N) is 3. The average molecular weight is 344 g/mol. The molecule has 6 nitrogen and oxygen atoms in total. The van der Waals surface area contributed by atoms with Gasteiger partial charge in [-0.2, -0.15) is 0 Å². The summed E-state index contributed by atoms with van der Waals surface area (Å²) in [5.41, 5.74) is 0.379. The first-order valence-corrected chi connectivity index (χ1v) is 8.19. The Morgan fingerprint density at radius 3 is 2.72 bits per heavy atom. The van der Waals surface area contributed by atoms with Crippen LogP contribution in [-0.2, 0) is 4.74 Å². The van der Waals surface area contributed by atoms with Crippen molar-refractivity contribution in [3.05, 3.63) is 42.2 Å². The fourth-order valence-corrected chi connectivity index (χ4v) is 2.77. The van der Waals surface area contributed by atoms with Crippen LogP contribution in [0.1, 0.15) is 20.8 Å². The van der Waals surface area contributed by atoms with Gasteiger partial charge in [0.25, 0.3) is 0 Å². The first kappa shape index (κ1) is 17.3.